The molecule has 118 valence electrons. The second-order valence-electron chi connectivity index (χ2n) is 6.94. The summed E-state index contributed by atoms with van der Waals surface area (Å²) < 4.78 is 0. The third kappa shape index (κ3) is 2.82. The number of hydrogen-bond acceptors (Lipinski definition) is 2. The smallest absolute Gasteiger partial charge is 0.246 e. The molecule has 4 nitrogen and oxygen atoms in total. The predicted octanol–water partition coefficient (Wildman–Crippen LogP) is 2.57. The fourth-order valence-corrected chi connectivity index (χ4v) is 4.47. The lowest BCUT2D eigenvalue weighted by Gasteiger charge is -2.42. The number of nitrogens with zero attached hydrogens (tertiary/aromatic N) is 2. The molecule has 3 aliphatic rings. The van der Waals surface area contributed by atoms with Gasteiger partial charge in [-0.05, 0) is 38.0 Å². The lowest BCUT2D eigenvalue weighted by Crippen LogP contribution is -2.62. The van der Waals surface area contributed by atoms with Gasteiger partial charge in [0.1, 0.15) is 12.1 Å². The second kappa shape index (κ2) is 6.37. The van der Waals surface area contributed by atoms with Gasteiger partial charge in [0.15, 0.2) is 0 Å². The van der Waals surface area contributed by atoms with Crippen molar-refractivity contribution in [2.75, 3.05) is 13.1 Å². The molecule has 21 heavy (non-hydrogen) atoms. The molecule has 2 amide bonds. The first-order chi connectivity index (χ1) is 10.2. The van der Waals surface area contributed by atoms with E-state index >= 15 is 0 Å². The van der Waals surface area contributed by atoms with Crippen LogP contribution < -0.4 is 0 Å². The minimum Gasteiger partial charge on any atom is -0.329 e. The first-order valence-electron chi connectivity index (χ1n) is 8.83. The van der Waals surface area contributed by atoms with E-state index in [1.165, 1.54) is 32.1 Å². The van der Waals surface area contributed by atoms with Crippen LogP contribution in [0.4, 0.5) is 0 Å². The molecular formula is C17H28N2O2. The Kier molecular flexibility index (Phi) is 4.51. The van der Waals surface area contributed by atoms with Crippen molar-refractivity contribution in [3.05, 3.63) is 0 Å². The van der Waals surface area contributed by atoms with Crippen LogP contribution in [0, 0.1) is 5.92 Å². The highest BCUT2D eigenvalue weighted by Gasteiger charge is 2.46. The number of piperazine rings is 1. The van der Waals surface area contributed by atoms with E-state index in [9.17, 15) is 9.59 Å². The summed E-state index contributed by atoms with van der Waals surface area (Å²) in [5.41, 5.74) is 0. The van der Waals surface area contributed by atoms with Crippen molar-refractivity contribution < 1.29 is 9.59 Å². The Morgan fingerprint density at radius 1 is 1.05 bits per heavy atom. The van der Waals surface area contributed by atoms with E-state index in [1.54, 1.807) is 0 Å². The van der Waals surface area contributed by atoms with Crippen LogP contribution in [-0.2, 0) is 9.59 Å². The summed E-state index contributed by atoms with van der Waals surface area (Å²) in [5.74, 6) is 1.27. The van der Waals surface area contributed by atoms with Crippen molar-refractivity contribution in [1.82, 2.24) is 9.80 Å². The van der Waals surface area contributed by atoms with E-state index in [4.69, 9.17) is 0 Å². The van der Waals surface area contributed by atoms with Crippen molar-refractivity contribution in [3.8, 4) is 0 Å². The topological polar surface area (TPSA) is 40.6 Å². The van der Waals surface area contributed by atoms with Gasteiger partial charge in [-0.1, -0.05) is 32.6 Å². The summed E-state index contributed by atoms with van der Waals surface area (Å²) >= 11 is 0. The van der Waals surface area contributed by atoms with Gasteiger partial charge in [0, 0.05) is 13.1 Å². The van der Waals surface area contributed by atoms with Crippen LogP contribution in [0.2, 0.25) is 0 Å². The molecule has 2 aliphatic heterocycles. The zero-order chi connectivity index (χ0) is 14.8. The molecule has 4 heteroatoms. The molecule has 1 aliphatic carbocycles. The largest absolute Gasteiger partial charge is 0.329 e. The third-order valence-electron chi connectivity index (χ3n) is 5.64. The zero-order valence-corrected chi connectivity index (χ0v) is 13.2. The second-order valence-corrected chi connectivity index (χ2v) is 6.94. The van der Waals surface area contributed by atoms with E-state index in [-0.39, 0.29) is 23.9 Å². The Balaban J connectivity index is 1.60. The standard InChI is InChI=1S/C17H28N2O2/c1-2-14-16(20)19-12-6-10-15(19)17(21)18(14)11-5-9-13-7-3-4-8-13/h13-15H,2-12H2,1H3. The summed E-state index contributed by atoms with van der Waals surface area (Å²) in [5, 5.41) is 0. The molecular weight excluding hydrogens is 264 g/mol. The molecule has 0 N–H and O–H groups in total. The van der Waals surface area contributed by atoms with Crippen LogP contribution in [-0.4, -0.2) is 46.8 Å². The van der Waals surface area contributed by atoms with Crippen molar-refractivity contribution in [1.29, 1.82) is 0 Å². The van der Waals surface area contributed by atoms with E-state index < -0.39 is 0 Å². The van der Waals surface area contributed by atoms with Gasteiger partial charge in [-0.3, -0.25) is 9.59 Å². The van der Waals surface area contributed by atoms with Crippen molar-refractivity contribution in [3.63, 3.8) is 0 Å². The molecule has 0 spiro atoms. The monoisotopic (exact) mass is 292 g/mol. The van der Waals surface area contributed by atoms with Gasteiger partial charge in [0.25, 0.3) is 0 Å². The van der Waals surface area contributed by atoms with Crippen molar-refractivity contribution >= 4 is 11.8 Å². The minimum atomic E-state index is -0.199. The summed E-state index contributed by atoms with van der Waals surface area (Å²) in [7, 11) is 0. The van der Waals surface area contributed by atoms with Crippen LogP contribution in [0.3, 0.4) is 0 Å². The van der Waals surface area contributed by atoms with Crippen molar-refractivity contribution in [2.45, 2.75) is 76.8 Å². The van der Waals surface area contributed by atoms with Crippen LogP contribution in [0.5, 0.6) is 0 Å². The normalized spacial score (nSPS) is 30.3. The maximum atomic E-state index is 12.7. The van der Waals surface area contributed by atoms with Gasteiger partial charge in [0.2, 0.25) is 11.8 Å². The minimum absolute atomic E-state index is 0.146. The molecule has 3 fully saturated rings. The number of hydrogen-bond donors (Lipinski definition) is 0. The van der Waals surface area contributed by atoms with Gasteiger partial charge >= 0.3 is 0 Å². The third-order valence-corrected chi connectivity index (χ3v) is 5.64. The van der Waals surface area contributed by atoms with Crippen LogP contribution >= 0.6 is 0 Å². The molecule has 0 aromatic carbocycles. The van der Waals surface area contributed by atoms with E-state index in [0.29, 0.717) is 0 Å². The Morgan fingerprint density at radius 2 is 1.81 bits per heavy atom. The molecule has 0 bridgehead atoms. The zero-order valence-electron chi connectivity index (χ0n) is 13.2. The molecule has 3 rings (SSSR count). The Hall–Kier alpha value is -1.06. The van der Waals surface area contributed by atoms with E-state index in [2.05, 4.69) is 0 Å². The highest BCUT2D eigenvalue weighted by atomic mass is 16.2. The predicted molar refractivity (Wildman–Crippen MR) is 81.7 cm³/mol. The molecule has 2 heterocycles. The lowest BCUT2D eigenvalue weighted by atomic mass is 9.99. The molecule has 0 aromatic rings. The average Bonchev–Trinajstić information content (AvgIpc) is 3.15. The summed E-state index contributed by atoms with van der Waals surface area (Å²) in [6.45, 7) is 3.59. The van der Waals surface area contributed by atoms with Gasteiger partial charge in [-0.15, -0.1) is 0 Å². The maximum Gasteiger partial charge on any atom is 0.246 e. The molecule has 2 saturated heterocycles. The lowest BCUT2D eigenvalue weighted by molar-refractivity contribution is -0.159. The van der Waals surface area contributed by atoms with Gasteiger partial charge < -0.3 is 9.80 Å². The molecule has 1 saturated carbocycles. The molecule has 2 atom stereocenters. The number of carbonyl (C=O) groups is 2. The average molecular weight is 292 g/mol. The molecule has 0 aromatic heterocycles. The van der Waals surface area contributed by atoms with Crippen LogP contribution in [0.25, 0.3) is 0 Å². The number of carbonyl (C=O) groups excluding carboxylic acids is 2. The van der Waals surface area contributed by atoms with Gasteiger partial charge in [-0.25, -0.2) is 0 Å². The number of rotatable bonds is 5. The number of amides is 2. The highest BCUT2D eigenvalue weighted by Crippen LogP contribution is 2.31. The maximum absolute atomic E-state index is 12.7. The molecule has 0 radical (unpaired) electrons. The Morgan fingerprint density at radius 3 is 2.52 bits per heavy atom. The van der Waals surface area contributed by atoms with Crippen LogP contribution in [0.1, 0.15) is 64.7 Å². The summed E-state index contributed by atoms with van der Waals surface area (Å²) in [6.07, 6.45) is 10.4. The van der Waals surface area contributed by atoms with Crippen molar-refractivity contribution in [2.24, 2.45) is 5.92 Å². The fraction of sp³-hybridized carbons (Fsp3) is 0.882. The number of fused-ring (bicyclic) bond motifs is 1. The van der Waals surface area contributed by atoms with Gasteiger partial charge in [-0.2, -0.15) is 0 Å². The van der Waals surface area contributed by atoms with Gasteiger partial charge in [0.05, 0.1) is 0 Å². The quantitative estimate of drug-likeness (QED) is 0.781. The Bertz CT molecular complexity index is 404. The van der Waals surface area contributed by atoms with E-state index in [0.717, 1.165) is 44.7 Å². The first kappa shape index (κ1) is 14.9. The Labute approximate surface area is 127 Å². The van der Waals surface area contributed by atoms with Crippen LogP contribution in [0.15, 0.2) is 0 Å². The summed E-state index contributed by atoms with van der Waals surface area (Å²) in [6, 6.07) is -0.345. The first-order valence-corrected chi connectivity index (χ1v) is 8.83. The fourth-order valence-electron chi connectivity index (χ4n) is 4.47. The SMILES string of the molecule is CCC1C(=O)N2CCCC2C(=O)N1CCCC1CCCC1. The highest BCUT2D eigenvalue weighted by molar-refractivity contribution is 5.97. The van der Waals surface area contributed by atoms with E-state index in [1.807, 2.05) is 16.7 Å². The molecule has 2 unspecified atom stereocenters. The summed E-state index contributed by atoms with van der Waals surface area (Å²) in [4.78, 5) is 29.0.